The lowest BCUT2D eigenvalue weighted by molar-refractivity contribution is -0.302. The molecular weight excluding hydrogens is 719 g/mol. The Hall–Kier alpha value is -0.810. The highest BCUT2D eigenvalue weighted by Gasteiger charge is 2.44. The monoisotopic (exact) mass is 814 g/mol. The van der Waals surface area contributed by atoms with E-state index in [1.807, 2.05) is 0 Å². The molecule has 0 aromatic carbocycles. The molecule has 0 aromatic rings. The maximum Gasteiger partial charge on any atom is 0.220 e. The van der Waals surface area contributed by atoms with Crippen molar-refractivity contribution in [1.82, 2.24) is 5.32 Å². The van der Waals surface area contributed by atoms with Gasteiger partial charge in [0.15, 0.2) is 6.29 Å². The van der Waals surface area contributed by atoms with Gasteiger partial charge in [-0.1, -0.05) is 226 Å². The van der Waals surface area contributed by atoms with Crippen LogP contribution in [0.15, 0.2) is 0 Å². The summed E-state index contributed by atoms with van der Waals surface area (Å²) < 4.78 is 11.3. The molecule has 1 rings (SSSR count). The van der Waals surface area contributed by atoms with Crippen molar-refractivity contribution in [2.45, 2.75) is 288 Å². The van der Waals surface area contributed by atoms with Crippen LogP contribution in [0.25, 0.3) is 0 Å². The molecule has 9 heteroatoms. The van der Waals surface area contributed by atoms with Gasteiger partial charge in [0.25, 0.3) is 0 Å². The van der Waals surface area contributed by atoms with E-state index >= 15 is 0 Å². The van der Waals surface area contributed by atoms with Crippen LogP contribution in [0, 0.1) is 0 Å². The van der Waals surface area contributed by atoms with Gasteiger partial charge in [-0.05, 0) is 12.8 Å². The third-order valence-corrected chi connectivity index (χ3v) is 12.2. The molecule has 0 unspecified atom stereocenters. The van der Waals surface area contributed by atoms with Gasteiger partial charge in [-0.3, -0.25) is 4.79 Å². The lowest BCUT2D eigenvalue weighted by Gasteiger charge is -2.40. The first-order chi connectivity index (χ1) is 27.8. The third-order valence-electron chi connectivity index (χ3n) is 12.2. The van der Waals surface area contributed by atoms with E-state index in [-0.39, 0.29) is 12.5 Å². The molecule has 9 nitrogen and oxygen atoms in total. The number of rotatable bonds is 42. The number of hydrogen-bond acceptors (Lipinski definition) is 8. The molecule has 6 N–H and O–H groups in total. The maximum atomic E-state index is 13.0. The molecule has 1 amide bonds. The quantitative estimate of drug-likeness (QED) is 0.0334. The standard InChI is InChI=1S/C48H95NO8/c1-3-5-7-9-11-13-15-17-18-19-20-21-22-23-24-26-28-30-32-34-36-38-44(52)49-41(40-56-48-47(55)46(54)45(53)43(39-50)57-48)42(51)37-35-33-31-29-27-25-16-14-12-10-8-6-4-2/h41-43,45-48,50-51,53-55H,3-40H2,1-2H3,(H,49,52)/t41-,42+,43+,45+,46-,47+,48+/m0/s1. The van der Waals surface area contributed by atoms with Crippen LogP contribution in [0.4, 0.5) is 0 Å². The van der Waals surface area contributed by atoms with Crippen LogP contribution < -0.4 is 5.32 Å². The first-order valence-electron chi connectivity index (χ1n) is 24.7. The first-order valence-corrected chi connectivity index (χ1v) is 24.7. The average Bonchev–Trinajstić information content (AvgIpc) is 3.21. The molecule has 7 atom stereocenters. The molecule has 1 heterocycles. The SMILES string of the molecule is CCCCCCCCCCCCCCCCCCCCCCCC(=O)N[C@@H](CO[C@@H]1O[C@H](CO)[C@@H](O)[C@H](O)[C@H]1O)[C@H](O)CCCCCCCCCCCCCCC. The van der Waals surface area contributed by atoms with E-state index in [0.29, 0.717) is 12.8 Å². The van der Waals surface area contributed by atoms with Gasteiger partial charge in [-0.2, -0.15) is 0 Å². The van der Waals surface area contributed by atoms with E-state index in [1.165, 1.54) is 180 Å². The molecule has 1 aliphatic heterocycles. The van der Waals surface area contributed by atoms with E-state index in [1.54, 1.807) is 0 Å². The smallest absolute Gasteiger partial charge is 0.220 e. The molecule has 0 radical (unpaired) electrons. The van der Waals surface area contributed by atoms with Gasteiger partial charge in [0.1, 0.15) is 24.4 Å². The highest BCUT2D eigenvalue weighted by atomic mass is 16.7. The molecule has 57 heavy (non-hydrogen) atoms. The first kappa shape index (κ1) is 54.2. The van der Waals surface area contributed by atoms with E-state index in [0.717, 1.165) is 38.5 Å². The van der Waals surface area contributed by atoms with Gasteiger partial charge >= 0.3 is 0 Å². The van der Waals surface area contributed by atoms with Crippen LogP contribution in [0.2, 0.25) is 0 Å². The fourth-order valence-electron chi connectivity index (χ4n) is 8.22. The minimum Gasteiger partial charge on any atom is -0.394 e. The van der Waals surface area contributed by atoms with E-state index in [9.17, 15) is 30.3 Å². The zero-order valence-electron chi connectivity index (χ0n) is 37.4. The van der Waals surface area contributed by atoms with Gasteiger partial charge in [-0.15, -0.1) is 0 Å². The van der Waals surface area contributed by atoms with Crippen molar-refractivity contribution in [2.75, 3.05) is 13.2 Å². The molecule has 0 aromatic heterocycles. The van der Waals surface area contributed by atoms with Crippen LogP contribution in [-0.2, 0) is 14.3 Å². The number of amides is 1. The summed E-state index contributed by atoms with van der Waals surface area (Å²) in [6.45, 7) is 3.85. The van der Waals surface area contributed by atoms with Crippen LogP contribution in [0.3, 0.4) is 0 Å². The predicted octanol–water partition coefficient (Wildman–Crippen LogP) is 10.7. The maximum absolute atomic E-state index is 13.0. The molecule has 340 valence electrons. The van der Waals surface area contributed by atoms with Gasteiger partial charge in [0.05, 0.1) is 25.4 Å². The Morgan fingerprint density at radius 3 is 1.25 bits per heavy atom. The Morgan fingerprint density at radius 1 is 0.526 bits per heavy atom. The number of aliphatic hydroxyl groups excluding tert-OH is 5. The lowest BCUT2D eigenvalue weighted by Crippen LogP contribution is -2.60. The Bertz CT molecular complexity index is 862. The second-order valence-electron chi connectivity index (χ2n) is 17.6. The summed E-state index contributed by atoms with van der Waals surface area (Å²) in [5.74, 6) is -0.139. The van der Waals surface area contributed by atoms with Gasteiger partial charge in [-0.25, -0.2) is 0 Å². The molecule has 0 bridgehead atoms. The van der Waals surface area contributed by atoms with Crippen LogP contribution in [0.1, 0.15) is 245 Å². The number of carbonyl (C=O) groups excluding carboxylic acids is 1. The summed E-state index contributed by atoms with van der Waals surface area (Å²) in [6.07, 6.45) is 36.8. The Labute approximate surface area is 351 Å². The highest BCUT2D eigenvalue weighted by molar-refractivity contribution is 5.76. The summed E-state index contributed by atoms with van der Waals surface area (Å²) >= 11 is 0. The van der Waals surface area contributed by atoms with E-state index in [2.05, 4.69) is 19.2 Å². The zero-order valence-corrected chi connectivity index (χ0v) is 37.4. The molecule has 1 fully saturated rings. The van der Waals surface area contributed by atoms with Crippen LogP contribution in [0.5, 0.6) is 0 Å². The Kier molecular flexibility index (Phi) is 37.4. The summed E-state index contributed by atoms with van der Waals surface area (Å²) in [5.41, 5.74) is 0. The lowest BCUT2D eigenvalue weighted by atomic mass is 9.99. The van der Waals surface area contributed by atoms with Crippen molar-refractivity contribution < 1.29 is 39.8 Å². The molecular formula is C48H95NO8. The highest BCUT2D eigenvalue weighted by Crippen LogP contribution is 2.23. The van der Waals surface area contributed by atoms with Crippen molar-refractivity contribution in [3.63, 3.8) is 0 Å². The van der Waals surface area contributed by atoms with Crippen molar-refractivity contribution in [1.29, 1.82) is 0 Å². The third kappa shape index (κ3) is 30.0. The summed E-state index contributed by atoms with van der Waals surface area (Å²) in [6, 6.07) is -0.711. The number of ether oxygens (including phenoxy) is 2. The molecule has 1 saturated heterocycles. The number of nitrogens with one attached hydrogen (secondary N) is 1. The van der Waals surface area contributed by atoms with Gasteiger partial charge in [0.2, 0.25) is 5.91 Å². The van der Waals surface area contributed by atoms with Crippen LogP contribution in [-0.4, -0.2) is 87.5 Å². The molecule has 0 aliphatic carbocycles. The predicted molar refractivity (Wildman–Crippen MR) is 235 cm³/mol. The normalized spacial score (nSPS) is 20.9. The van der Waals surface area contributed by atoms with Crippen molar-refractivity contribution in [3.05, 3.63) is 0 Å². The number of carbonyl (C=O) groups is 1. The Balaban J connectivity index is 2.24. The van der Waals surface area contributed by atoms with E-state index in [4.69, 9.17) is 9.47 Å². The second kappa shape index (κ2) is 39.3. The zero-order chi connectivity index (χ0) is 41.6. The summed E-state index contributed by atoms with van der Waals surface area (Å²) in [4.78, 5) is 13.0. The molecule has 1 aliphatic rings. The minimum atomic E-state index is -1.55. The van der Waals surface area contributed by atoms with Crippen molar-refractivity contribution in [3.8, 4) is 0 Å². The Morgan fingerprint density at radius 2 is 0.877 bits per heavy atom. The van der Waals surface area contributed by atoms with Crippen molar-refractivity contribution in [2.24, 2.45) is 0 Å². The number of unbranched alkanes of at least 4 members (excludes halogenated alkanes) is 32. The average molecular weight is 814 g/mol. The number of hydrogen-bond donors (Lipinski definition) is 6. The fraction of sp³-hybridized carbons (Fsp3) is 0.979. The summed E-state index contributed by atoms with van der Waals surface area (Å²) in [5, 5.41) is 54.4. The fourth-order valence-corrected chi connectivity index (χ4v) is 8.22. The van der Waals surface area contributed by atoms with Crippen molar-refractivity contribution >= 4 is 5.91 Å². The summed E-state index contributed by atoms with van der Waals surface area (Å²) in [7, 11) is 0. The van der Waals surface area contributed by atoms with Crippen LogP contribution >= 0.6 is 0 Å². The molecule has 0 spiro atoms. The molecule has 0 saturated carbocycles. The van der Waals surface area contributed by atoms with Gasteiger partial charge < -0.3 is 40.3 Å². The minimum absolute atomic E-state index is 0.132. The number of aliphatic hydroxyl groups is 5. The van der Waals surface area contributed by atoms with E-state index < -0.39 is 49.5 Å². The van der Waals surface area contributed by atoms with Gasteiger partial charge in [0, 0.05) is 6.42 Å². The largest absolute Gasteiger partial charge is 0.394 e. The topological polar surface area (TPSA) is 149 Å². The second-order valence-corrected chi connectivity index (χ2v) is 17.6.